The summed E-state index contributed by atoms with van der Waals surface area (Å²) in [5, 5.41) is 2.98. The van der Waals surface area contributed by atoms with Crippen LogP contribution in [0, 0.1) is 5.92 Å². The van der Waals surface area contributed by atoms with Gasteiger partial charge in [-0.25, -0.2) is 4.79 Å². The summed E-state index contributed by atoms with van der Waals surface area (Å²) in [5.41, 5.74) is 0.0973. The van der Waals surface area contributed by atoms with Crippen molar-refractivity contribution in [3.63, 3.8) is 0 Å². The molecule has 1 aliphatic carbocycles. The Labute approximate surface area is 144 Å². The molecular formula is C17H21BrN2O3. The number of ether oxygens (including phenoxy) is 1. The number of halogens is 1. The normalized spacial score (nSPS) is 27.4. The van der Waals surface area contributed by atoms with Gasteiger partial charge in [0.05, 0.1) is 13.7 Å². The Bertz CT molecular complexity index is 649. The van der Waals surface area contributed by atoms with Crippen LogP contribution in [-0.4, -0.2) is 29.5 Å². The Balaban J connectivity index is 1.88. The largest absolute Gasteiger partial charge is 0.496 e. The first-order valence-electron chi connectivity index (χ1n) is 7.94. The molecule has 1 aliphatic heterocycles. The van der Waals surface area contributed by atoms with Gasteiger partial charge < -0.3 is 10.1 Å². The number of rotatable bonds is 3. The van der Waals surface area contributed by atoms with Crippen LogP contribution in [0.1, 0.15) is 38.2 Å². The monoisotopic (exact) mass is 380 g/mol. The fourth-order valence-corrected chi connectivity index (χ4v) is 4.09. The van der Waals surface area contributed by atoms with E-state index >= 15 is 0 Å². The van der Waals surface area contributed by atoms with Gasteiger partial charge in [0.25, 0.3) is 5.91 Å². The maximum atomic E-state index is 13.0. The first-order chi connectivity index (χ1) is 11.0. The van der Waals surface area contributed by atoms with Crippen LogP contribution in [0.3, 0.4) is 0 Å². The van der Waals surface area contributed by atoms with Crippen molar-refractivity contribution in [1.82, 2.24) is 10.2 Å². The van der Waals surface area contributed by atoms with Crippen LogP contribution < -0.4 is 10.1 Å². The van der Waals surface area contributed by atoms with Gasteiger partial charge in [0.15, 0.2) is 0 Å². The molecule has 1 aromatic rings. The highest BCUT2D eigenvalue weighted by Crippen LogP contribution is 2.39. The average molecular weight is 381 g/mol. The van der Waals surface area contributed by atoms with Gasteiger partial charge in [-0.05, 0) is 37.0 Å². The minimum Gasteiger partial charge on any atom is -0.496 e. The molecule has 0 radical (unpaired) electrons. The molecule has 3 rings (SSSR count). The second-order valence-corrected chi connectivity index (χ2v) is 7.31. The fourth-order valence-electron chi connectivity index (χ4n) is 3.68. The van der Waals surface area contributed by atoms with E-state index in [4.69, 9.17) is 4.74 Å². The zero-order valence-electron chi connectivity index (χ0n) is 13.4. The van der Waals surface area contributed by atoms with Gasteiger partial charge >= 0.3 is 6.03 Å². The lowest BCUT2D eigenvalue weighted by Gasteiger charge is -2.36. The van der Waals surface area contributed by atoms with Crippen molar-refractivity contribution < 1.29 is 14.3 Å². The van der Waals surface area contributed by atoms with Gasteiger partial charge in [0.1, 0.15) is 11.3 Å². The zero-order chi connectivity index (χ0) is 16.6. The van der Waals surface area contributed by atoms with E-state index in [9.17, 15) is 9.59 Å². The minimum atomic E-state index is -0.714. The first-order valence-corrected chi connectivity index (χ1v) is 8.74. The molecule has 124 valence electrons. The molecule has 1 N–H and O–H groups in total. The van der Waals surface area contributed by atoms with Crippen molar-refractivity contribution in [2.75, 3.05) is 7.11 Å². The number of amides is 3. The predicted molar refractivity (Wildman–Crippen MR) is 90.1 cm³/mol. The van der Waals surface area contributed by atoms with Crippen LogP contribution in [-0.2, 0) is 11.3 Å². The van der Waals surface area contributed by atoms with Gasteiger partial charge in [0.2, 0.25) is 0 Å². The standard InChI is InChI=1S/C17H21BrN2O3/c1-11-5-3-4-8-17(11)15(21)20(16(22)19-17)10-12-9-13(18)6-7-14(12)23-2/h6-7,9,11H,3-5,8,10H2,1-2H3,(H,19,22)/t11-,17-/m0/s1. The van der Waals surface area contributed by atoms with E-state index in [1.165, 1.54) is 4.90 Å². The Morgan fingerprint density at radius 1 is 1.39 bits per heavy atom. The molecule has 2 atom stereocenters. The number of methoxy groups -OCH3 is 1. The van der Waals surface area contributed by atoms with Gasteiger partial charge in [-0.1, -0.05) is 35.7 Å². The molecule has 2 aliphatic rings. The van der Waals surface area contributed by atoms with Crippen molar-refractivity contribution >= 4 is 27.9 Å². The Morgan fingerprint density at radius 2 is 2.17 bits per heavy atom. The van der Waals surface area contributed by atoms with Crippen LogP contribution in [0.15, 0.2) is 22.7 Å². The summed E-state index contributed by atoms with van der Waals surface area (Å²) in [6.07, 6.45) is 3.79. The molecule has 3 amide bonds. The van der Waals surface area contributed by atoms with E-state index in [-0.39, 0.29) is 24.4 Å². The van der Waals surface area contributed by atoms with E-state index in [0.717, 1.165) is 35.7 Å². The smallest absolute Gasteiger partial charge is 0.325 e. The number of nitrogens with one attached hydrogen (secondary N) is 1. The minimum absolute atomic E-state index is 0.100. The van der Waals surface area contributed by atoms with E-state index in [1.54, 1.807) is 7.11 Å². The van der Waals surface area contributed by atoms with Gasteiger partial charge in [-0.15, -0.1) is 0 Å². The van der Waals surface area contributed by atoms with E-state index < -0.39 is 5.54 Å². The first kappa shape index (κ1) is 16.3. The summed E-state index contributed by atoms with van der Waals surface area (Å²) in [7, 11) is 1.59. The highest BCUT2D eigenvalue weighted by molar-refractivity contribution is 9.10. The number of carbonyl (C=O) groups excluding carboxylic acids is 2. The molecule has 5 nitrogen and oxygen atoms in total. The molecule has 1 saturated carbocycles. The summed E-state index contributed by atoms with van der Waals surface area (Å²) in [6, 6.07) is 5.29. The number of benzene rings is 1. The molecule has 0 aromatic heterocycles. The Kier molecular flexibility index (Phi) is 4.36. The highest BCUT2D eigenvalue weighted by Gasteiger charge is 2.54. The number of imide groups is 1. The highest BCUT2D eigenvalue weighted by atomic mass is 79.9. The third-order valence-electron chi connectivity index (χ3n) is 5.07. The number of hydrogen-bond acceptors (Lipinski definition) is 3. The lowest BCUT2D eigenvalue weighted by Crippen LogP contribution is -2.53. The van der Waals surface area contributed by atoms with Crippen LogP contribution in [0.2, 0.25) is 0 Å². The molecule has 1 heterocycles. The summed E-state index contributed by atoms with van der Waals surface area (Å²) < 4.78 is 6.24. The fraction of sp³-hybridized carbons (Fsp3) is 0.529. The Morgan fingerprint density at radius 3 is 2.87 bits per heavy atom. The molecule has 0 unspecified atom stereocenters. The molecule has 2 fully saturated rings. The summed E-state index contributed by atoms with van der Waals surface area (Å²) >= 11 is 3.43. The predicted octanol–water partition coefficient (Wildman–Crippen LogP) is 3.46. The lowest BCUT2D eigenvalue weighted by molar-refractivity contribution is -0.134. The molecule has 6 heteroatoms. The number of hydrogen-bond donors (Lipinski definition) is 1. The molecule has 1 aromatic carbocycles. The molecule has 23 heavy (non-hydrogen) atoms. The van der Waals surface area contributed by atoms with Crippen LogP contribution in [0.4, 0.5) is 4.79 Å². The van der Waals surface area contributed by atoms with Gasteiger partial charge in [-0.2, -0.15) is 0 Å². The lowest BCUT2D eigenvalue weighted by atomic mass is 9.73. The Hall–Kier alpha value is -1.56. The molecule has 0 bridgehead atoms. The summed E-state index contributed by atoms with van der Waals surface area (Å²) in [6.45, 7) is 2.28. The second kappa shape index (κ2) is 6.15. The molecule has 1 saturated heterocycles. The molecule has 1 spiro atoms. The van der Waals surface area contributed by atoms with Crippen molar-refractivity contribution in [3.05, 3.63) is 28.2 Å². The van der Waals surface area contributed by atoms with Crippen molar-refractivity contribution in [2.45, 2.75) is 44.7 Å². The van der Waals surface area contributed by atoms with E-state index in [1.807, 2.05) is 18.2 Å². The maximum Gasteiger partial charge on any atom is 0.325 e. The third kappa shape index (κ3) is 2.73. The second-order valence-electron chi connectivity index (χ2n) is 6.40. The average Bonchev–Trinajstić information content (AvgIpc) is 2.76. The van der Waals surface area contributed by atoms with E-state index in [0.29, 0.717) is 5.75 Å². The van der Waals surface area contributed by atoms with Gasteiger partial charge in [-0.3, -0.25) is 9.69 Å². The molecular weight excluding hydrogens is 360 g/mol. The van der Waals surface area contributed by atoms with Crippen molar-refractivity contribution in [2.24, 2.45) is 5.92 Å². The zero-order valence-corrected chi connectivity index (χ0v) is 15.0. The van der Waals surface area contributed by atoms with Crippen molar-refractivity contribution in [3.8, 4) is 5.75 Å². The van der Waals surface area contributed by atoms with Crippen LogP contribution in [0.25, 0.3) is 0 Å². The van der Waals surface area contributed by atoms with Crippen LogP contribution >= 0.6 is 15.9 Å². The number of urea groups is 1. The quantitative estimate of drug-likeness (QED) is 0.816. The topological polar surface area (TPSA) is 58.6 Å². The number of carbonyl (C=O) groups is 2. The SMILES string of the molecule is COc1ccc(Br)cc1CN1C(=O)N[C@]2(CCCC[C@@H]2C)C1=O. The maximum absolute atomic E-state index is 13.0. The van der Waals surface area contributed by atoms with E-state index in [2.05, 4.69) is 28.2 Å². The summed E-state index contributed by atoms with van der Waals surface area (Å²) in [4.78, 5) is 26.7. The third-order valence-corrected chi connectivity index (χ3v) is 5.57. The van der Waals surface area contributed by atoms with Gasteiger partial charge in [0, 0.05) is 10.0 Å². The van der Waals surface area contributed by atoms with Crippen LogP contribution in [0.5, 0.6) is 5.75 Å². The van der Waals surface area contributed by atoms with Crippen molar-refractivity contribution in [1.29, 1.82) is 0 Å². The summed E-state index contributed by atoms with van der Waals surface area (Å²) in [5.74, 6) is 0.741. The number of nitrogens with zero attached hydrogens (tertiary/aromatic N) is 1.